The molecule has 0 aliphatic heterocycles. The van der Waals surface area contributed by atoms with Crippen LogP contribution in [0.2, 0.25) is 0 Å². The summed E-state index contributed by atoms with van der Waals surface area (Å²) in [6, 6.07) is 61.7. The maximum absolute atomic E-state index is 2.33. The lowest BCUT2D eigenvalue weighted by Gasteiger charge is -2.26. The second-order valence-electron chi connectivity index (χ2n) is 11.2. The molecule has 202 valence electrons. The quantitative estimate of drug-likeness (QED) is 0.201. The van der Waals surface area contributed by atoms with Crippen LogP contribution in [-0.4, -0.2) is 0 Å². The molecule has 0 heterocycles. The summed E-state index contributed by atoms with van der Waals surface area (Å²) >= 11 is 0. The molecule has 0 spiro atoms. The normalized spacial score (nSPS) is 11.6. The van der Waals surface area contributed by atoms with Gasteiger partial charge in [0.05, 0.1) is 0 Å². The van der Waals surface area contributed by atoms with Crippen molar-refractivity contribution in [1.29, 1.82) is 0 Å². The van der Waals surface area contributed by atoms with Crippen LogP contribution in [0.5, 0.6) is 0 Å². The molecule has 0 saturated carbocycles. The Labute approximate surface area is 253 Å². The molecule has 0 saturated heterocycles. The van der Waals surface area contributed by atoms with Crippen LogP contribution in [0.1, 0.15) is 11.1 Å². The summed E-state index contributed by atoms with van der Waals surface area (Å²) in [5.41, 5.74) is 18.2. The van der Waals surface area contributed by atoms with Crippen LogP contribution in [0.3, 0.4) is 0 Å². The van der Waals surface area contributed by atoms with E-state index in [1.54, 1.807) is 0 Å². The summed E-state index contributed by atoms with van der Waals surface area (Å²) < 4.78 is 0. The minimum absolute atomic E-state index is 0.893. The molecule has 0 fully saturated rings. The van der Waals surface area contributed by atoms with Crippen molar-refractivity contribution < 1.29 is 0 Å². The molecule has 0 nitrogen and oxygen atoms in total. The average Bonchev–Trinajstić information content (AvgIpc) is 3.48. The molecule has 0 heteroatoms. The Hall–Kier alpha value is -5.46. The van der Waals surface area contributed by atoms with Crippen LogP contribution in [0.15, 0.2) is 170 Å². The molecule has 43 heavy (non-hydrogen) atoms. The van der Waals surface area contributed by atoms with Crippen molar-refractivity contribution in [2.45, 2.75) is 6.42 Å². The van der Waals surface area contributed by atoms with Gasteiger partial charge in [0.25, 0.3) is 0 Å². The smallest absolute Gasteiger partial charge is 0.000660 e. The Balaban J connectivity index is 1.62. The van der Waals surface area contributed by atoms with Gasteiger partial charge in [-0.25, -0.2) is 0 Å². The van der Waals surface area contributed by atoms with Gasteiger partial charge in [-0.05, 0) is 84.3 Å². The number of benzene rings is 7. The predicted molar refractivity (Wildman–Crippen MR) is 182 cm³/mol. The minimum atomic E-state index is 0.893. The van der Waals surface area contributed by atoms with Gasteiger partial charge in [0.15, 0.2) is 0 Å². The zero-order valence-electron chi connectivity index (χ0n) is 23.9. The lowest BCUT2D eigenvalue weighted by molar-refractivity contribution is 1.26. The van der Waals surface area contributed by atoms with E-state index in [9.17, 15) is 0 Å². The Bertz CT molecular complexity index is 2040. The van der Waals surface area contributed by atoms with Gasteiger partial charge in [0.2, 0.25) is 0 Å². The average molecular weight is 547 g/mol. The fourth-order valence-electron chi connectivity index (χ4n) is 6.95. The maximum Gasteiger partial charge on any atom is -0.000660 e. The van der Waals surface area contributed by atoms with E-state index in [0.29, 0.717) is 0 Å². The Morgan fingerprint density at radius 3 is 1.09 bits per heavy atom. The molecule has 1 aliphatic rings. The van der Waals surface area contributed by atoms with Gasteiger partial charge in [0.1, 0.15) is 0 Å². The molecule has 7 aromatic carbocycles. The fourth-order valence-corrected chi connectivity index (χ4v) is 6.95. The summed E-state index contributed by atoms with van der Waals surface area (Å²) in [6.07, 6.45) is 0.893. The Morgan fingerprint density at radius 1 is 0.256 bits per heavy atom. The highest BCUT2D eigenvalue weighted by atomic mass is 14.4. The van der Waals surface area contributed by atoms with Gasteiger partial charge < -0.3 is 0 Å². The zero-order valence-corrected chi connectivity index (χ0v) is 23.9. The highest BCUT2D eigenvalue weighted by Gasteiger charge is 2.33. The molecular weight excluding hydrogens is 516 g/mol. The number of rotatable bonds is 5. The highest BCUT2D eigenvalue weighted by Crippen LogP contribution is 2.57. The van der Waals surface area contributed by atoms with Crippen molar-refractivity contribution in [2.75, 3.05) is 0 Å². The highest BCUT2D eigenvalue weighted by molar-refractivity contribution is 6.12. The van der Waals surface area contributed by atoms with Crippen molar-refractivity contribution in [3.8, 4) is 66.8 Å². The lowest BCUT2D eigenvalue weighted by Crippen LogP contribution is -2.01. The first-order chi connectivity index (χ1) is 21.4. The van der Waals surface area contributed by atoms with E-state index in [4.69, 9.17) is 0 Å². The second kappa shape index (κ2) is 10.7. The molecule has 0 unspecified atom stereocenters. The maximum atomic E-state index is 2.33. The van der Waals surface area contributed by atoms with Crippen molar-refractivity contribution in [2.24, 2.45) is 0 Å². The van der Waals surface area contributed by atoms with Crippen LogP contribution in [0.4, 0.5) is 0 Å². The van der Waals surface area contributed by atoms with Crippen LogP contribution in [0, 0.1) is 0 Å². The van der Waals surface area contributed by atoms with Crippen LogP contribution in [-0.2, 0) is 6.42 Å². The largest absolute Gasteiger partial charge is 0.0622 e. The van der Waals surface area contributed by atoms with Crippen molar-refractivity contribution in [3.63, 3.8) is 0 Å². The first-order valence-corrected chi connectivity index (χ1v) is 15.0. The molecule has 0 amide bonds. The molecule has 1 aliphatic carbocycles. The Kier molecular flexibility index (Phi) is 6.31. The van der Waals surface area contributed by atoms with Crippen LogP contribution < -0.4 is 0 Å². The van der Waals surface area contributed by atoms with Gasteiger partial charge in [0, 0.05) is 0 Å². The van der Waals surface area contributed by atoms with E-state index < -0.39 is 0 Å². The summed E-state index contributed by atoms with van der Waals surface area (Å²) in [7, 11) is 0. The SMILES string of the molecule is c1ccc(-c2cccc3c2-c2c(c(-c4ccccc4)c(-c4ccccc4)c(-c4ccccc4)c2-c2ccccc2)C3)cc1. The summed E-state index contributed by atoms with van der Waals surface area (Å²) in [5.74, 6) is 0. The standard InChI is InChI=1S/C43H30/c1-6-17-30(18-7-1)36-28-16-27-35-29-37-38(31-19-8-2-9-20-31)40(32-21-10-3-11-22-32)41(33-23-12-4-13-24-33)42(43(37)39(35)36)34-25-14-5-15-26-34/h1-28H,29H2. The topological polar surface area (TPSA) is 0 Å². The van der Waals surface area contributed by atoms with Crippen molar-refractivity contribution in [1.82, 2.24) is 0 Å². The minimum Gasteiger partial charge on any atom is -0.0622 e. The molecule has 0 atom stereocenters. The fraction of sp³-hybridized carbons (Fsp3) is 0.0233. The van der Waals surface area contributed by atoms with Gasteiger partial charge in [-0.3, -0.25) is 0 Å². The van der Waals surface area contributed by atoms with E-state index >= 15 is 0 Å². The van der Waals surface area contributed by atoms with E-state index in [0.717, 1.165) is 6.42 Å². The van der Waals surface area contributed by atoms with Gasteiger partial charge in [-0.2, -0.15) is 0 Å². The molecule has 0 radical (unpaired) electrons. The molecule has 0 bridgehead atoms. The molecule has 0 N–H and O–H groups in total. The zero-order chi connectivity index (χ0) is 28.6. The van der Waals surface area contributed by atoms with Gasteiger partial charge >= 0.3 is 0 Å². The first-order valence-electron chi connectivity index (χ1n) is 15.0. The third-order valence-corrected chi connectivity index (χ3v) is 8.71. The van der Waals surface area contributed by atoms with Crippen LogP contribution in [0.25, 0.3) is 66.8 Å². The molecule has 8 rings (SSSR count). The predicted octanol–water partition coefficient (Wildman–Crippen LogP) is 11.6. The molecule has 0 aromatic heterocycles. The summed E-state index contributed by atoms with van der Waals surface area (Å²) in [6.45, 7) is 0. The summed E-state index contributed by atoms with van der Waals surface area (Å²) in [4.78, 5) is 0. The monoisotopic (exact) mass is 546 g/mol. The first kappa shape index (κ1) is 25.3. The lowest BCUT2D eigenvalue weighted by atomic mass is 9.76. The third kappa shape index (κ3) is 4.31. The van der Waals surface area contributed by atoms with E-state index in [2.05, 4.69) is 170 Å². The molecular formula is C43H30. The van der Waals surface area contributed by atoms with Crippen LogP contribution >= 0.6 is 0 Å². The van der Waals surface area contributed by atoms with E-state index in [1.165, 1.54) is 77.9 Å². The van der Waals surface area contributed by atoms with E-state index in [1.807, 2.05) is 0 Å². The second-order valence-corrected chi connectivity index (χ2v) is 11.2. The molecule has 7 aromatic rings. The summed E-state index contributed by atoms with van der Waals surface area (Å²) in [5, 5.41) is 0. The van der Waals surface area contributed by atoms with Gasteiger partial charge in [-0.15, -0.1) is 0 Å². The third-order valence-electron chi connectivity index (χ3n) is 8.71. The van der Waals surface area contributed by atoms with E-state index in [-0.39, 0.29) is 0 Å². The van der Waals surface area contributed by atoms with Crippen molar-refractivity contribution in [3.05, 3.63) is 181 Å². The number of hydrogen-bond donors (Lipinski definition) is 0. The Morgan fingerprint density at radius 2 is 0.628 bits per heavy atom. The van der Waals surface area contributed by atoms with Gasteiger partial charge in [-0.1, -0.05) is 170 Å². The number of fused-ring (bicyclic) bond motifs is 3. The number of hydrogen-bond acceptors (Lipinski definition) is 0. The van der Waals surface area contributed by atoms with Crippen molar-refractivity contribution >= 4 is 0 Å².